The van der Waals surface area contributed by atoms with Crippen LogP contribution in [-0.2, 0) is 0 Å². The van der Waals surface area contributed by atoms with Gasteiger partial charge < -0.3 is 4.74 Å². The molecule has 0 aromatic heterocycles. The number of hydrogen-bond donors (Lipinski definition) is 2. The van der Waals surface area contributed by atoms with Gasteiger partial charge in [0.15, 0.2) is 5.17 Å². The van der Waals surface area contributed by atoms with E-state index in [0.29, 0.717) is 10.0 Å². The van der Waals surface area contributed by atoms with Crippen LogP contribution >= 0.6 is 35.0 Å². The van der Waals surface area contributed by atoms with Crippen LogP contribution in [0.3, 0.4) is 0 Å². The Morgan fingerprint density at radius 2 is 1.78 bits per heavy atom. The first-order valence-corrected chi connectivity index (χ1v) is 8.36. The van der Waals surface area contributed by atoms with Gasteiger partial charge in [-0.3, -0.25) is 10.9 Å². The summed E-state index contributed by atoms with van der Waals surface area (Å²) in [5, 5.41) is 3.78. The fraction of sp³-hybridized carbons (Fsp3) is 0.0625. The fourth-order valence-electron chi connectivity index (χ4n) is 1.93. The lowest BCUT2D eigenvalue weighted by molar-refractivity contribution is 0.415. The second-order valence-electron chi connectivity index (χ2n) is 4.64. The molecule has 118 valence electrons. The van der Waals surface area contributed by atoms with Gasteiger partial charge in [-0.2, -0.15) is 0 Å². The minimum atomic E-state index is 0.523. The van der Waals surface area contributed by atoms with Crippen LogP contribution in [0.5, 0.6) is 5.75 Å². The molecule has 1 aliphatic rings. The van der Waals surface area contributed by atoms with Crippen molar-refractivity contribution < 1.29 is 4.74 Å². The molecule has 7 heteroatoms. The van der Waals surface area contributed by atoms with E-state index in [0.717, 1.165) is 27.9 Å². The van der Waals surface area contributed by atoms with E-state index < -0.39 is 0 Å². The maximum absolute atomic E-state index is 6.05. The number of benzene rings is 2. The molecule has 0 bridgehead atoms. The van der Waals surface area contributed by atoms with Crippen LogP contribution in [0.15, 0.2) is 52.9 Å². The van der Waals surface area contributed by atoms with Crippen LogP contribution in [0.25, 0.3) is 5.70 Å². The highest BCUT2D eigenvalue weighted by Crippen LogP contribution is 2.28. The van der Waals surface area contributed by atoms with Crippen LogP contribution in [0.4, 0.5) is 5.69 Å². The van der Waals surface area contributed by atoms with Crippen molar-refractivity contribution in [3.8, 4) is 5.75 Å². The lowest BCUT2D eigenvalue weighted by atomic mass is 10.2. The van der Waals surface area contributed by atoms with Gasteiger partial charge in [0, 0.05) is 11.0 Å². The van der Waals surface area contributed by atoms with Crippen LogP contribution in [0.2, 0.25) is 10.0 Å². The lowest BCUT2D eigenvalue weighted by Crippen LogP contribution is -2.36. The summed E-state index contributed by atoms with van der Waals surface area (Å²) >= 11 is 13.5. The Kier molecular flexibility index (Phi) is 5.00. The van der Waals surface area contributed by atoms with Gasteiger partial charge in [-0.15, -0.1) is 0 Å². The average molecular weight is 366 g/mol. The summed E-state index contributed by atoms with van der Waals surface area (Å²) in [6.45, 7) is 0. The molecule has 0 saturated carbocycles. The lowest BCUT2D eigenvalue weighted by Gasteiger charge is -2.19. The molecule has 3 rings (SSSR count). The number of rotatable bonds is 3. The topological polar surface area (TPSA) is 45.6 Å². The molecule has 23 heavy (non-hydrogen) atoms. The predicted molar refractivity (Wildman–Crippen MR) is 98.4 cm³/mol. The number of hydrogen-bond acceptors (Lipinski definition) is 4. The van der Waals surface area contributed by atoms with Crippen molar-refractivity contribution in [3.05, 3.63) is 63.5 Å². The molecule has 2 aromatic rings. The zero-order valence-electron chi connectivity index (χ0n) is 12.1. The SMILES string of the molecule is COc1ccc(N=C2NNC(c3ccc(Cl)c(Cl)c3)=CS2)cc1. The Morgan fingerprint density at radius 3 is 2.39 bits per heavy atom. The van der Waals surface area contributed by atoms with E-state index in [1.54, 1.807) is 13.2 Å². The summed E-state index contributed by atoms with van der Waals surface area (Å²) in [6.07, 6.45) is 0. The number of nitrogens with zero attached hydrogens (tertiary/aromatic N) is 1. The first kappa shape index (κ1) is 16.1. The zero-order valence-corrected chi connectivity index (χ0v) is 14.5. The van der Waals surface area contributed by atoms with Gasteiger partial charge in [-0.05, 0) is 36.4 Å². The highest BCUT2D eigenvalue weighted by Gasteiger charge is 2.11. The van der Waals surface area contributed by atoms with Crippen molar-refractivity contribution in [1.29, 1.82) is 0 Å². The van der Waals surface area contributed by atoms with Gasteiger partial charge in [0.25, 0.3) is 0 Å². The fourth-order valence-corrected chi connectivity index (χ4v) is 2.92. The van der Waals surface area contributed by atoms with Crippen molar-refractivity contribution >= 4 is 51.5 Å². The van der Waals surface area contributed by atoms with Crippen LogP contribution in [-0.4, -0.2) is 12.3 Å². The smallest absolute Gasteiger partial charge is 0.184 e. The minimum absolute atomic E-state index is 0.523. The second kappa shape index (κ2) is 7.17. The van der Waals surface area contributed by atoms with Gasteiger partial charge >= 0.3 is 0 Å². The van der Waals surface area contributed by atoms with Gasteiger partial charge in [0.2, 0.25) is 0 Å². The molecule has 0 aliphatic carbocycles. The number of amidine groups is 1. The molecule has 0 spiro atoms. The van der Waals surface area contributed by atoms with Gasteiger partial charge in [-0.25, -0.2) is 4.99 Å². The van der Waals surface area contributed by atoms with E-state index >= 15 is 0 Å². The van der Waals surface area contributed by atoms with E-state index in [1.807, 2.05) is 41.8 Å². The monoisotopic (exact) mass is 365 g/mol. The number of thioether (sulfide) groups is 1. The average Bonchev–Trinajstić information content (AvgIpc) is 2.59. The van der Waals surface area contributed by atoms with Crippen molar-refractivity contribution in [3.63, 3.8) is 0 Å². The maximum Gasteiger partial charge on any atom is 0.184 e. The second-order valence-corrected chi connectivity index (χ2v) is 6.32. The summed E-state index contributed by atoms with van der Waals surface area (Å²) in [5.41, 5.74) is 8.87. The molecule has 0 radical (unpaired) electrons. The van der Waals surface area contributed by atoms with Gasteiger partial charge in [-0.1, -0.05) is 41.0 Å². The van der Waals surface area contributed by atoms with E-state index in [4.69, 9.17) is 27.9 Å². The third-order valence-electron chi connectivity index (χ3n) is 3.13. The Bertz CT molecular complexity index is 775. The summed E-state index contributed by atoms with van der Waals surface area (Å²) in [7, 11) is 1.64. The molecule has 0 unspecified atom stereocenters. The summed E-state index contributed by atoms with van der Waals surface area (Å²) in [6, 6.07) is 13.0. The van der Waals surface area contributed by atoms with E-state index in [9.17, 15) is 0 Å². The largest absolute Gasteiger partial charge is 0.497 e. The van der Waals surface area contributed by atoms with Gasteiger partial charge in [0.1, 0.15) is 5.75 Å². The van der Waals surface area contributed by atoms with Crippen LogP contribution in [0.1, 0.15) is 5.56 Å². The van der Waals surface area contributed by atoms with Crippen LogP contribution in [0, 0.1) is 0 Å². The van der Waals surface area contributed by atoms with Crippen molar-refractivity contribution in [2.75, 3.05) is 7.11 Å². The Balaban J connectivity index is 1.74. The zero-order chi connectivity index (χ0) is 16.2. The van der Waals surface area contributed by atoms with E-state index in [2.05, 4.69) is 15.8 Å². The number of aliphatic imine (C=N–C) groups is 1. The molecule has 0 saturated heterocycles. The number of methoxy groups -OCH3 is 1. The van der Waals surface area contributed by atoms with E-state index in [1.165, 1.54) is 11.8 Å². The number of hydrazine groups is 1. The van der Waals surface area contributed by atoms with E-state index in [-0.39, 0.29) is 0 Å². The van der Waals surface area contributed by atoms with Crippen molar-refractivity contribution in [2.24, 2.45) is 4.99 Å². The molecule has 0 atom stereocenters. The van der Waals surface area contributed by atoms with Crippen molar-refractivity contribution in [2.45, 2.75) is 0 Å². The first-order chi connectivity index (χ1) is 11.2. The highest BCUT2D eigenvalue weighted by molar-refractivity contribution is 8.16. The summed E-state index contributed by atoms with van der Waals surface area (Å²) in [4.78, 5) is 4.51. The Labute approximate surface area is 148 Å². The third-order valence-corrected chi connectivity index (χ3v) is 4.64. The first-order valence-electron chi connectivity index (χ1n) is 6.73. The molecule has 2 aromatic carbocycles. The number of halogens is 2. The standard InChI is InChI=1S/C16H13Cl2N3OS/c1-22-12-5-3-11(4-6-12)19-16-21-20-15(9-23-16)10-2-7-13(17)14(18)8-10/h2-9,20H,1H3,(H,19,21). The van der Waals surface area contributed by atoms with Crippen molar-refractivity contribution in [1.82, 2.24) is 10.9 Å². The molecule has 2 N–H and O–H groups in total. The molecule has 1 heterocycles. The number of nitrogens with one attached hydrogen (secondary N) is 2. The predicted octanol–water partition coefficient (Wildman–Crippen LogP) is 4.83. The summed E-state index contributed by atoms with van der Waals surface area (Å²) in [5.74, 6) is 0.804. The number of ether oxygens (including phenoxy) is 1. The molecule has 0 fully saturated rings. The molecule has 1 aliphatic heterocycles. The third kappa shape index (κ3) is 3.93. The Morgan fingerprint density at radius 1 is 1.00 bits per heavy atom. The normalized spacial score (nSPS) is 15.6. The van der Waals surface area contributed by atoms with Gasteiger partial charge in [0.05, 0.1) is 28.5 Å². The molecule has 4 nitrogen and oxygen atoms in total. The molecular formula is C16H13Cl2N3OS. The molecular weight excluding hydrogens is 353 g/mol. The summed E-state index contributed by atoms with van der Waals surface area (Å²) < 4.78 is 5.13. The minimum Gasteiger partial charge on any atom is -0.497 e. The van der Waals surface area contributed by atoms with Crippen LogP contribution < -0.4 is 15.6 Å². The highest BCUT2D eigenvalue weighted by atomic mass is 35.5. The Hall–Kier alpha value is -1.82. The maximum atomic E-state index is 6.05. The quantitative estimate of drug-likeness (QED) is 0.817. The molecule has 0 amide bonds.